The van der Waals surface area contributed by atoms with Crippen LogP contribution in [0, 0.1) is 11.3 Å². The lowest BCUT2D eigenvalue weighted by Gasteiger charge is -2.04. The summed E-state index contributed by atoms with van der Waals surface area (Å²) in [5, 5.41) is 19.8. The van der Waals surface area contributed by atoms with E-state index in [0.29, 0.717) is 16.5 Å². The maximum absolute atomic E-state index is 8.63. The van der Waals surface area contributed by atoms with Crippen molar-refractivity contribution in [2.75, 3.05) is 18.1 Å². The Morgan fingerprint density at radius 2 is 2.00 bits per heavy atom. The second kappa shape index (κ2) is 10.5. The zero-order valence-corrected chi connectivity index (χ0v) is 16.1. The van der Waals surface area contributed by atoms with E-state index in [4.69, 9.17) is 21.3 Å². The fraction of sp³-hybridized carbons (Fsp3) is 0.211. The number of nitrogens with one attached hydrogen (secondary N) is 1. The van der Waals surface area contributed by atoms with Crippen molar-refractivity contribution in [2.45, 2.75) is 18.2 Å². The van der Waals surface area contributed by atoms with E-state index in [0.717, 1.165) is 24.2 Å². The van der Waals surface area contributed by atoms with Gasteiger partial charge in [0.2, 0.25) is 12.3 Å². The third-order valence-corrected chi connectivity index (χ3v) is 4.42. The first-order valence-electron chi connectivity index (χ1n) is 8.02. The molecule has 134 valence electrons. The van der Waals surface area contributed by atoms with Crippen molar-refractivity contribution in [2.24, 2.45) is 0 Å². The van der Waals surface area contributed by atoms with Gasteiger partial charge in [-0.25, -0.2) is 0 Å². The number of nitrogens with zero attached hydrogens (tertiary/aromatic N) is 3. The summed E-state index contributed by atoms with van der Waals surface area (Å²) in [4.78, 5) is 1.23. The minimum Gasteiger partial charge on any atom is -0.423 e. The number of anilines is 1. The molecule has 0 atom stereocenters. The highest BCUT2D eigenvalue weighted by atomic mass is 35.5. The molecule has 0 aliphatic heterocycles. The smallest absolute Gasteiger partial charge is 0.247 e. The highest BCUT2D eigenvalue weighted by molar-refractivity contribution is 7.98. The van der Waals surface area contributed by atoms with Gasteiger partial charge in [0.05, 0.1) is 10.6 Å². The van der Waals surface area contributed by atoms with Crippen LogP contribution in [-0.4, -0.2) is 23.0 Å². The molecule has 0 radical (unpaired) electrons. The van der Waals surface area contributed by atoms with Gasteiger partial charge in [0.1, 0.15) is 6.07 Å². The zero-order chi connectivity index (χ0) is 18.8. The minimum absolute atomic E-state index is 0.503. The molecule has 0 saturated heterocycles. The average Bonchev–Trinajstić information content (AvgIpc) is 3.22. The van der Waals surface area contributed by atoms with Crippen molar-refractivity contribution >= 4 is 29.1 Å². The van der Waals surface area contributed by atoms with Gasteiger partial charge in [-0.05, 0) is 55.1 Å². The van der Waals surface area contributed by atoms with Crippen LogP contribution in [0.4, 0.5) is 5.69 Å². The number of benzene rings is 2. The molecule has 3 aromatic rings. The fourth-order valence-corrected chi connectivity index (χ4v) is 2.65. The molecule has 0 aliphatic rings. The number of nitriles is 1. The molecule has 1 heterocycles. The highest BCUT2D eigenvalue weighted by Crippen LogP contribution is 2.21. The molecule has 0 bridgehead atoms. The largest absolute Gasteiger partial charge is 0.423 e. The van der Waals surface area contributed by atoms with E-state index < -0.39 is 0 Å². The van der Waals surface area contributed by atoms with Crippen LogP contribution in [0.15, 0.2) is 58.2 Å². The Hall–Kier alpha value is -2.49. The Morgan fingerprint density at radius 1 is 1.23 bits per heavy atom. The minimum atomic E-state index is 0.503. The van der Waals surface area contributed by atoms with Gasteiger partial charge in [0, 0.05) is 22.7 Å². The van der Waals surface area contributed by atoms with Crippen LogP contribution in [0.3, 0.4) is 0 Å². The van der Waals surface area contributed by atoms with E-state index in [-0.39, 0.29) is 0 Å². The van der Waals surface area contributed by atoms with E-state index in [9.17, 15) is 0 Å². The monoisotopic (exact) mass is 386 g/mol. The predicted octanol–water partition coefficient (Wildman–Crippen LogP) is 5.49. The second-order valence-corrected chi connectivity index (χ2v) is 6.49. The normalized spacial score (nSPS) is 9.77. The van der Waals surface area contributed by atoms with Gasteiger partial charge in [-0.2, -0.15) is 5.26 Å². The molecule has 2 aromatic carbocycles. The van der Waals surface area contributed by atoms with Gasteiger partial charge >= 0.3 is 0 Å². The molecule has 0 saturated carbocycles. The maximum Gasteiger partial charge on any atom is 0.247 e. The third kappa shape index (κ3) is 5.80. The fourth-order valence-electron chi connectivity index (χ4n) is 2.02. The molecule has 0 spiro atoms. The van der Waals surface area contributed by atoms with Crippen LogP contribution in [0.5, 0.6) is 0 Å². The van der Waals surface area contributed by atoms with Crippen LogP contribution in [0.2, 0.25) is 5.02 Å². The molecule has 1 N–H and O–H groups in total. The van der Waals surface area contributed by atoms with Crippen LogP contribution in [-0.2, 0) is 0 Å². The first-order chi connectivity index (χ1) is 12.7. The Bertz CT molecular complexity index is 845. The van der Waals surface area contributed by atoms with Gasteiger partial charge < -0.3 is 9.73 Å². The summed E-state index contributed by atoms with van der Waals surface area (Å²) < 4.78 is 5.06. The first-order valence-corrected chi connectivity index (χ1v) is 9.62. The van der Waals surface area contributed by atoms with Crippen molar-refractivity contribution in [1.82, 2.24) is 10.2 Å². The number of thioether (sulfide) groups is 1. The average molecular weight is 387 g/mol. The summed E-state index contributed by atoms with van der Waals surface area (Å²) in [6, 6.07) is 15.4. The molecule has 0 aliphatic carbocycles. The Morgan fingerprint density at radius 3 is 2.54 bits per heavy atom. The molecular weight excluding hydrogens is 368 g/mol. The number of rotatable bonds is 5. The SMILES string of the molecule is CCCNc1ccc(C#N)c(Cl)c1.CSc1ccc(-c2nnco2)cc1. The third-order valence-electron chi connectivity index (χ3n) is 3.37. The number of hydrogen-bond donors (Lipinski definition) is 1. The lowest BCUT2D eigenvalue weighted by atomic mass is 10.2. The molecular formula is C19H19ClN4OS. The summed E-state index contributed by atoms with van der Waals surface area (Å²) in [5.74, 6) is 0.563. The molecule has 1 aromatic heterocycles. The van der Waals surface area contributed by atoms with Crippen LogP contribution in [0.1, 0.15) is 18.9 Å². The van der Waals surface area contributed by atoms with E-state index in [1.165, 1.54) is 11.3 Å². The Labute approximate surface area is 162 Å². The number of hydrogen-bond acceptors (Lipinski definition) is 6. The summed E-state index contributed by atoms with van der Waals surface area (Å²) >= 11 is 7.55. The van der Waals surface area contributed by atoms with Crippen molar-refractivity contribution < 1.29 is 4.42 Å². The van der Waals surface area contributed by atoms with E-state index in [2.05, 4.69) is 22.4 Å². The summed E-state index contributed by atoms with van der Waals surface area (Å²) in [6.45, 7) is 3.01. The molecule has 0 amide bonds. The van der Waals surface area contributed by atoms with Crippen molar-refractivity contribution in [3.05, 3.63) is 59.4 Å². The molecule has 7 heteroatoms. The number of aromatic nitrogens is 2. The summed E-state index contributed by atoms with van der Waals surface area (Å²) in [5.41, 5.74) is 2.44. The summed E-state index contributed by atoms with van der Waals surface area (Å²) in [7, 11) is 0. The Kier molecular flexibility index (Phi) is 8.00. The maximum atomic E-state index is 8.63. The van der Waals surface area contributed by atoms with E-state index in [1.807, 2.05) is 42.7 Å². The van der Waals surface area contributed by atoms with E-state index >= 15 is 0 Å². The van der Waals surface area contributed by atoms with Crippen LogP contribution in [0.25, 0.3) is 11.5 Å². The van der Waals surface area contributed by atoms with Gasteiger partial charge in [-0.1, -0.05) is 18.5 Å². The predicted molar refractivity (Wildman–Crippen MR) is 106 cm³/mol. The molecule has 5 nitrogen and oxygen atoms in total. The lowest BCUT2D eigenvalue weighted by Crippen LogP contribution is -1.99. The van der Waals surface area contributed by atoms with Crippen LogP contribution >= 0.6 is 23.4 Å². The first kappa shape index (κ1) is 19.8. The van der Waals surface area contributed by atoms with Gasteiger partial charge in [0.25, 0.3) is 0 Å². The van der Waals surface area contributed by atoms with Crippen molar-refractivity contribution in [3.63, 3.8) is 0 Å². The quantitative estimate of drug-likeness (QED) is 0.584. The molecule has 3 rings (SSSR count). The standard InChI is InChI=1S/C10H11ClN2.C9H8N2OS/c1-2-5-13-9-4-3-8(7-12)10(11)6-9;1-13-8-4-2-7(3-5-8)9-11-10-6-12-9/h3-4,6,13H,2,5H2,1H3;2-6H,1H3. The Balaban J connectivity index is 0.000000187. The van der Waals surface area contributed by atoms with E-state index in [1.54, 1.807) is 23.9 Å². The van der Waals surface area contributed by atoms with Gasteiger partial charge in [-0.3, -0.25) is 0 Å². The molecule has 0 unspecified atom stereocenters. The van der Waals surface area contributed by atoms with Crippen LogP contribution < -0.4 is 5.32 Å². The highest BCUT2D eigenvalue weighted by Gasteiger charge is 2.02. The number of halogens is 1. The van der Waals surface area contributed by atoms with Crippen molar-refractivity contribution in [3.8, 4) is 17.5 Å². The van der Waals surface area contributed by atoms with Crippen molar-refractivity contribution in [1.29, 1.82) is 5.26 Å². The topological polar surface area (TPSA) is 74.7 Å². The molecule has 26 heavy (non-hydrogen) atoms. The second-order valence-electron chi connectivity index (χ2n) is 5.21. The van der Waals surface area contributed by atoms with Gasteiger partial charge in [0.15, 0.2) is 0 Å². The summed E-state index contributed by atoms with van der Waals surface area (Å²) in [6.07, 6.45) is 4.44. The zero-order valence-electron chi connectivity index (χ0n) is 14.6. The lowest BCUT2D eigenvalue weighted by molar-refractivity contribution is 0.568. The molecule has 0 fully saturated rings. The van der Waals surface area contributed by atoms with Gasteiger partial charge in [-0.15, -0.1) is 22.0 Å².